The van der Waals surface area contributed by atoms with E-state index in [0.717, 1.165) is 16.1 Å². The molecule has 4 aromatic rings. The van der Waals surface area contributed by atoms with E-state index in [2.05, 4.69) is 104 Å². The number of nitrogens with one attached hydrogen (secondary N) is 1. The van der Waals surface area contributed by atoms with E-state index in [0.29, 0.717) is 0 Å². The van der Waals surface area contributed by atoms with Gasteiger partial charge in [0.25, 0.3) is 0 Å². The van der Waals surface area contributed by atoms with E-state index in [1.807, 2.05) is 4.68 Å². The molecule has 3 aromatic carbocycles. The molecule has 5 heteroatoms. The molecule has 1 aliphatic rings. The highest BCUT2D eigenvalue weighted by Crippen LogP contribution is 2.34. The number of hydrogen-bond donors (Lipinski definition) is 1. The van der Waals surface area contributed by atoms with Crippen LogP contribution < -0.4 is 5.32 Å². The van der Waals surface area contributed by atoms with Gasteiger partial charge in [-0.15, -0.1) is 0 Å². The molecule has 2 heterocycles. The Morgan fingerprint density at radius 2 is 1.73 bits per heavy atom. The van der Waals surface area contributed by atoms with E-state index in [9.17, 15) is 0 Å². The van der Waals surface area contributed by atoms with E-state index >= 15 is 0 Å². The standard InChI is InChI=1S/C21H15BrN4/c22-16-10-8-15(9-11-16)20-12-19(25-21-23-13-24-26(20)21)18-7-3-5-14-4-1-2-6-17(14)18/h1-13,20H,(H,23,24,25). The number of fused-ring (bicyclic) bond motifs is 2. The molecule has 5 rings (SSSR count). The molecule has 26 heavy (non-hydrogen) atoms. The molecule has 1 atom stereocenters. The Kier molecular flexibility index (Phi) is 3.60. The van der Waals surface area contributed by atoms with Gasteiger partial charge in [0.15, 0.2) is 0 Å². The van der Waals surface area contributed by atoms with Crippen LogP contribution >= 0.6 is 15.9 Å². The topological polar surface area (TPSA) is 42.7 Å². The molecule has 0 radical (unpaired) electrons. The fraction of sp³-hybridized carbons (Fsp3) is 0.0476. The third kappa shape index (κ3) is 2.52. The van der Waals surface area contributed by atoms with Crippen molar-refractivity contribution in [3.05, 3.63) is 94.7 Å². The maximum absolute atomic E-state index is 4.41. The lowest BCUT2D eigenvalue weighted by molar-refractivity contribution is 0.612. The van der Waals surface area contributed by atoms with Crippen LogP contribution in [0.2, 0.25) is 0 Å². The quantitative estimate of drug-likeness (QED) is 0.497. The van der Waals surface area contributed by atoms with Crippen LogP contribution in [0.15, 0.2) is 83.6 Å². The van der Waals surface area contributed by atoms with Crippen LogP contribution in [0.1, 0.15) is 17.2 Å². The van der Waals surface area contributed by atoms with Gasteiger partial charge in [-0.1, -0.05) is 70.5 Å². The van der Waals surface area contributed by atoms with Crippen molar-refractivity contribution in [3.8, 4) is 0 Å². The van der Waals surface area contributed by atoms with Crippen molar-refractivity contribution in [1.29, 1.82) is 0 Å². The first kappa shape index (κ1) is 15.3. The van der Waals surface area contributed by atoms with Crippen molar-refractivity contribution in [2.75, 3.05) is 5.32 Å². The molecule has 0 saturated heterocycles. The number of allylic oxidation sites excluding steroid dienone is 1. The summed E-state index contributed by atoms with van der Waals surface area (Å²) in [5, 5.41) is 10.3. The Labute approximate surface area is 159 Å². The second kappa shape index (κ2) is 6.11. The third-order valence-corrected chi connectivity index (χ3v) is 5.23. The molecule has 1 aliphatic heterocycles. The van der Waals surface area contributed by atoms with Crippen molar-refractivity contribution in [3.63, 3.8) is 0 Å². The first-order valence-electron chi connectivity index (χ1n) is 8.41. The van der Waals surface area contributed by atoms with Crippen LogP contribution in [0.4, 0.5) is 5.95 Å². The summed E-state index contributed by atoms with van der Waals surface area (Å²) >= 11 is 3.51. The summed E-state index contributed by atoms with van der Waals surface area (Å²) in [5.74, 6) is 0.753. The molecule has 0 aliphatic carbocycles. The smallest absolute Gasteiger partial charge is 0.226 e. The van der Waals surface area contributed by atoms with E-state index in [4.69, 9.17) is 0 Å². The lowest BCUT2D eigenvalue weighted by Gasteiger charge is -2.25. The maximum atomic E-state index is 4.41. The summed E-state index contributed by atoms with van der Waals surface area (Å²) in [5.41, 5.74) is 3.38. The van der Waals surface area contributed by atoms with Gasteiger partial charge in [0, 0.05) is 15.7 Å². The van der Waals surface area contributed by atoms with Crippen LogP contribution in [-0.4, -0.2) is 14.8 Å². The van der Waals surface area contributed by atoms with Crippen LogP contribution in [-0.2, 0) is 0 Å². The van der Waals surface area contributed by atoms with Crippen LogP contribution in [0.5, 0.6) is 0 Å². The minimum atomic E-state index is -0.00387. The Morgan fingerprint density at radius 3 is 2.62 bits per heavy atom. The molecule has 1 N–H and O–H groups in total. The largest absolute Gasteiger partial charge is 0.324 e. The fourth-order valence-corrected chi connectivity index (χ4v) is 3.71. The van der Waals surface area contributed by atoms with Gasteiger partial charge in [-0.2, -0.15) is 10.1 Å². The summed E-state index contributed by atoms with van der Waals surface area (Å²) < 4.78 is 2.98. The molecule has 4 nitrogen and oxygen atoms in total. The van der Waals surface area contributed by atoms with E-state index in [-0.39, 0.29) is 6.04 Å². The second-order valence-corrected chi connectivity index (χ2v) is 7.17. The number of benzene rings is 3. The lowest BCUT2D eigenvalue weighted by Crippen LogP contribution is -2.20. The number of hydrogen-bond acceptors (Lipinski definition) is 3. The highest BCUT2D eigenvalue weighted by atomic mass is 79.9. The molecule has 1 aromatic heterocycles. The van der Waals surface area contributed by atoms with Gasteiger partial charge in [0.05, 0.1) is 0 Å². The molecule has 0 spiro atoms. The molecule has 126 valence electrons. The summed E-state index contributed by atoms with van der Waals surface area (Å²) in [6.45, 7) is 0. The predicted octanol–water partition coefficient (Wildman–Crippen LogP) is 5.25. The SMILES string of the molecule is Brc1ccc(C2C=C(c3cccc4ccccc34)Nc3ncnn32)cc1. The van der Waals surface area contributed by atoms with Gasteiger partial charge in [0.2, 0.25) is 5.95 Å². The molecular formula is C21H15BrN4. The minimum absolute atomic E-state index is 0.00387. The molecule has 0 bridgehead atoms. The van der Waals surface area contributed by atoms with Crippen molar-refractivity contribution >= 4 is 38.3 Å². The summed E-state index contributed by atoms with van der Waals surface area (Å²) in [6, 6.07) is 23.1. The fourth-order valence-electron chi connectivity index (χ4n) is 3.45. The summed E-state index contributed by atoms with van der Waals surface area (Å²) in [4.78, 5) is 4.40. The van der Waals surface area contributed by atoms with E-state index in [1.54, 1.807) is 6.33 Å². The number of halogens is 1. The van der Waals surface area contributed by atoms with Gasteiger partial charge in [-0.25, -0.2) is 4.68 Å². The van der Waals surface area contributed by atoms with Gasteiger partial charge < -0.3 is 5.32 Å². The Bertz CT molecular complexity index is 1120. The predicted molar refractivity (Wildman–Crippen MR) is 108 cm³/mol. The van der Waals surface area contributed by atoms with Crippen molar-refractivity contribution < 1.29 is 0 Å². The molecule has 0 saturated carbocycles. The number of rotatable bonds is 2. The molecule has 1 unspecified atom stereocenters. The third-order valence-electron chi connectivity index (χ3n) is 4.70. The van der Waals surface area contributed by atoms with Gasteiger partial charge in [0.1, 0.15) is 12.4 Å². The van der Waals surface area contributed by atoms with E-state index < -0.39 is 0 Å². The Morgan fingerprint density at radius 1 is 0.923 bits per heavy atom. The van der Waals surface area contributed by atoms with Crippen LogP contribution in [0.3, 0.4) is 0 Å². The number of anilines is 1. The average molecular weight is 403 g/mol. The van der Waals surface area contributed by atoms with Gasteiger partial charge in [-0.3, -0.25) is 0 Å². The van der Waals surface area contributed by atoms with Crippen LogP contribution in [0.25, 0.3) is 16.5 Å². The number of aromatic nitrogens is 3. The van der Waals surface area contributed by atoms with E-state index in [1.165, 1.54) is 21.9 Å². The monoisotopic (exact) mass is 402 g/mol. The normalized spacial score (nSPS) is 16.0. The van der Waals surface area contributed by atoms with Crippen LogP contribution in [0, 0.1) is 0 Å². The lowest BCUT2D eigenvalue weighted by atomic mass is 9.98. The molecular weight excluding hydrogens is 388 g/mol. The highest BCUT2D eigenvalue weighted by Gasteiger charge is 2.24. The Hall–Kier alpha value is -2.92. The van der Waals surface area contributed by atoms with Crippen molar-refractivity contribution in [2.45, 2.75) is 6.04 Å². The minimum Gasteiger partial charge on any atom is -0.324 e. The average Bonchev–Trinajstić information content (AvgIpc) is 3.16. The molecule has 0 amide bonds. The zero-order valence-corrected chi connectivity index (χ0v) is 15.4. The zero-order chi connectivity index (χ0) is 17.5. The first-order valence-corrected chi connectivity index (χ1v) is 9.21. The Balaban J connectivity index is 1.68. The maximum Gasteiger partial charge on any atom is 0.226 e. The summed E-state index contributed by atoms with van der Waals surface area (Å²) in [7, 11) is 0. The molecule has 0 fully saturated rings. The second-order valence-electron chi connectivity index (χ2n) is 6.26. The van der Waals surface area contributed by atoms with Gasteiger partial charge >= 0.3 is 0 Å². The first-order chi connectivity index (χ1) is 12.8. The van der Waals surface area contributed by atoms with Crippen molar-refractivity contribution in [1.82, 2.24) is 14.8 Å². The summed E-state index contributed by atoms with van der Waals surface area (Å²) in [6.07, 6.45) is 3.81. The highest BCUT2D eigenvalue weighted by molar-refractivity contribution is 9.10. The van der Waals surface area contributed by atoms with Crippen molar-refractivity contribution in [2.24, 2.45) is 0 Å². The zero-order valence-electron chi connectivity index (χ0n) is 13.8. The van der Waals surface area contributed by atoms with Gasteiger partial charge in [-0.05, 0) is 34.5 Å². The number of nitrogens with zero attached hydrogens (tertiary/aromatic N) is 3.